The Balaban J connectivity index is 2.46. The smallest absolute Gasteiger partial charge is 0.410 e. The third-order valence-corrected chi connectivity index (χ3v) is 5.45. The van der Waals surface area contributed by atoms with E-state index in [0.717, 1.165) is 23.3 Å². The van der Waals surface area contributed by atoms with Crippen LogP contribution in [0.25, 0.3) is 0 Å². The lowest BCUT2D eigenvalue weighted by molar-refractivity contribution is -0.189. The number of hydrogen-bond acceptors (Lipinski definition) is 5. The fraction of sp³-hybridized carbons (Fsp3) is 0.412. The second-order valence-corrected chi connectivity index (χ2v) is 8.19. The third-order valence-electron chi connectivity index (χ3n) is 4.33. The molecule has 1 fully saturated rings. The molecule has 28 heavy (non-hydrogen) atoms. The maximum Gasteiger partial charge on any atom is 0.410 e. The van der Waals surface area contributed by atoms with E-state index >= 15 is 0 Å². The highest BCUT2D eigenvalue weighted by atomic mass is 32.2. The zero-order chi connectivity index (χ0) is 21.3. The largest absolute Gasteiger partial charge is 0.496 e. The summed E-state index contributed by atoms with van der Waals surface area (Å²) in [5.41, 5.74) is -0.303. The molecule has 0 radical (unpaired) electrons. The van der Waals surface area contributed by atoms with E-state index in [9.17, 15) is 31.2 Å². The van der Waals surface area contributed by atoms with Crippen LogP contribution < -0.4 is 4.74 Å². The van der Waals surface area contributed by atoms with Gasteiger partial charge in [0.2, 0.25) is 5.91 Å². The van der Waals surface area contributed by atoms with Gasteiger partial charge in [0.1, 0.15) is 11.8 Å². The van der Waals surface area contributed by atoms with Gasteiger partial charge >= 0.3 is 6.18 Å². The molecule has 154 valence electrons. The number of hydrogen-bond donors (Lipinski definition) is 0. The van der Waals surface area contributed by atoms with Crippen LogP contribution in [0.4, 0.5) is 13.2 Å². The lowest BCUT2D eigenvalue weighted by Crippen LogP contribution is -2.61. The number of nitrogens with zero attached hydrogens (tertiary/aromatic N) is 2. The van der Waals surface area contributed by atoms with E-state index in [0.29, 0.717) is 4.90 Å². The average molecular weight is 420 g/mol. The lowest BCUT2D eigenvalue weighted by Gasteiger charge is -2.41. The van der Waals surface area contributed by atoms with Crippen LogP contribution in [-0.2, 0) is 14.6 Å². The summed E-state index contributed by atoms with van der Waals surface area (Å²) in [7, 11) is -2.48. The molecule has 0 bridgehead atoms. The van der Waals surface area contributed by atoms with Crippen LogP contribution in [-0.4, -0.2) is 75.2 Å². The summed E-state index contributed by atoms with van der Waals surface area (Å²) in [5, 5.41) is 0. The minimum absolute atomic E-state index is 0.0529. The van der Waals surface area contributed by atoms with Gasteiger partial charge < -0.3 is 14.5 Å². The first kappa shape index (κ1) is 21.7. The number of ether oxygens (including phenoxy) is 1. The molecule has 1 aliphatic rings. The Morgan fingerprint density at radius 1 is 1.29 bits per heavy atom. The van der Waals surface area contributed by atoms with Gasteiger partial charge in [-0.2, -0.15) is 13.2 Å². The monoisotopic (exact) mass is 420 g/mol. The van der Waals surface area contributed by atoms with Gasteiger partial charge in [0, 0.05) is 19.3 Å². The van der Waals surface area contributed by atoms with E-state index in [1.807, 2.05) is 0 Å². The third kappa shape index (κ3) is 4.46. The minimum Gasteiger partial charge on any atom is -0.496 e. The van der Waals surface area contributed by atoms with E-state index in [1.54, 1.807) is 0 Å². The molecular formula is C17H19F3N2O5S. The molecule has 7 nitrogen and oxygen atoms in total. The SMILES string of the molecule is C=CC(=O)N1CCN(C(=O)c2cc(S(C)(=O)=O)ccc2OC)C(C(F)(F)F)C1. The number of benzene rings is 1. The second-order valence-electron chi connectivity index (χ2n) is 6.18. The fourth-order valence-corrected chi connectivity index (χ4v) is 3.52. The second kappa shape index (κ2) is 7.82. The minimum atomic E-state index is -4.79. The van der Waals surface area contributed by atoms with Gasteiger partial charge in [-0.05, 0) is 24.3 Å². The van der Waals surface area contributed by atoms with Crippen LogP contribution in [0.2, 0.25) is 0 Å². The molecule has 1 aromatic carbocycles. The van der Waals surface area contributed by atoms with Gasteiger partial charge in [-0.3, -0.25) is 9.59 Å². The standard InChI is InChI=1S/C17H19F3N2O5S/c1-4-15(23)21-7-8-22(14(10-21)17(18,19)20)16(24)12-9-11(28(3,25)26)5-6-13(12)27-2/h4-6,9,14H,1,7-8,10H2,2-3H3. The van der Waals surface area contributed by atoms with Crippen molar-refractivity contribution in [3.8, 4) is 5.75 Å². The van der Waals surface area contributed by atoms with Crippen molar-refractivity contribution in [2.45, 2.75) is 17.1 Å². The summed E-state index contributed by atoms with van der Waals surface area (Å²) in [6.07, 6.45) is -2.97. The van der Waals surface area contributed by atoms with Crippen molar-refractivity contribution in [3.63, 3.8) is 0 Å². The Bertz CT molecular complexity index is 899. The molecular weight excluding hydrogens is 401 g/mol. The number of rotatable bonds is 4. The van der Waals surface area contributed by atoms with Gasteiger partial charge in [-0.25, -0.2) is 8.42 Å². The van der Waals surface area contributed by atoms with Crippen molar-refractivity contribution >= 4 is 21.7 Å². The van der Waals surface area contributed by atoms with Crippen molar-refractivity contribution in [2.75, 3.05) is 33.0 Å². The maximum absolute atomic E-state index is 13.6. The van der Waals surface area contributed by atoms with Gasteiger partial charge in [-0.1, -0.05) is 6.58 Å². The predicted octanol–water partition coefficient (Wildman–Crippen LogP) is 1.50. The maximum atomic E-state index is 13.6. The zero-order valence-corrected chi connectivity index (χ0v) is 16.0. The van der Waals surface area contributed by atoms with Crippen LogP contribution in [0.15, 0.2) is 35.7 Å². The first-order chi connectivity index (χ1) is 12.9. The van der Waals surface area contributed by atoms with E-state index in [-0.39, 0.29) is 29.3 Å². The van der Waals surface area contributed by atoms with Crippen LogP contribution in [0.3, 0.4) is 0 Å². The Labute approximate surface area is 160 Å². The Kier molecular flexibility index (Phi) is 6.07. The summed E-state index contributed by atoms with van der Waals surface area (Å²) >= 11 is 0. The molecule has 1 aliphatic heterocycles. The lowest BCUT2D eigenvalue weighted by atomic mass is 10.1. The number of amides is 2. The number of halogens is 3. The van der Waals surface area contributed by atoms with Gasteiger partial charge in [0.25, 0.3) is 5.91 Å². The van der Waals surface area contributed by atoms with Crippen molar-refractivity contribution in [2.24, 2.45) is 0 Å². The number of carbonyl (C=O) groups is 2. The van der Waals surface area contributed by atoms with E-state index < -0.39 is 40.4 Å². The summed E-state index contributed by atoms with van der Waals surface area (Å²) in [6, 6.07) is 1.16. The molecule has 0 aromatic heterocycles. The number of carbonyl (C=O) groups excluding carboxylic acids is 2. The van der Waals surface area contributed by atoms with E-state index in [4.69, 9.17) is 4.74 Å². The number of alkyl halides is 3. The fourth-order valence-electron chi connectivity index (χ4n) is 2.88. The Morgan fingerprint density at radius 2 is 1.93 bits per heavy atom. The summed E-state index contributed by atoms with van der Waals surface area (Å²) in [4.78, 5) is 25.9. The predicted molar refractivity (Wildman–Crippen MR) is 93.8 cm³/mol. The van der Waals surface area contributed by atoms with E-state index in [2.05, 4.69) is 6.58 Å². The van der Waals surface area contributed by atoms with Gasteiger partial charge in [0.15, 0.2) is 9.84 Å². The molecule has 1 heterocycles. The quantitative estimate of drug-likeness (QED) is 0.690. The number of sulfone groups is 1. The number of piperazine rings is 1. The summed E-state index contributed by atoms with van der Waals surface area (Å²) in [5.74, 6) is -1.75. The molecule has 2 amide bonds. The average Bonchev–Trinajstić information content (AvgIpc) is 2.64. The molecule has 1 saturated heterocycles. The Morgan fingerprint density at radius 3 is 2.43 bits per heavy atom. The van der Waals surface area contributed by atoms with Crippen molar-refractivity contribution in [1.82, 2.24) is 9.80 Å². The molecule has 1 atom stereocenters. The summed E-state index contributed by atoms with van der Waals surface area (Å²) < 4.78 is 69.3. The van der Waals surface area contributed by atoms with Crippen LogP contribution in [0.5, 0.6) is 5.75 Å². The normalized spacial score (nSPS) is 18.0. The first-order valence-corrected chi connectivity index (χ1v) is 9.96. The highest BCUT2D eigenvalue weighted by Crippen LogP contribution is 2.31. The van der Waals surface area contributed by atoms with Crippen LogP contribution >= 0.6 is 0 Å². The van der Waals surface area contributed by atoms with Crippen molar-refractivity contribution in [3.05, 3.63) is 36.4 Å². The molecule has 1 unspecified atom stereocenters. The highest BCUT2D eigenvalue weighted by molar-refractivity contribution is 7.90. The number of methoxy groups -OCH3 is 1. The van der Waals surface area contributed by atoms with Crippen LogP contribution in [0, 0.1) is 0 Å². The molecule has 0 spiro atoms. The highest BCUT2D eigenvalue weighted by Gasteiger charge is 2.49. The summed E-state index contributed by atoms with van der Waals surface area (Å²) in [6.45, 7) is 2.02. The molecule has 0 aliphatic carbocycles. The molecule has 0 N–H and O–H groups in total. The molecule has 1 aromatic rings. The zero-order valence-electron chi connectivity index (χ0n) is 15.2. The van der Waals surface area contributed by atoms with Crippen molar-refractivity contribution in [1.29, 1.82) is 0 Å². The Hall–Kier alpha value is -2.56. The first-order valence-electron chi connectivity index (χ1n) is 8.07. The molecule has 2 rings (SSSR count). The van der Waals surface area contributed by atoms with Gasteiger partial charge in [0.05, 0.1) is 24.1 Å². The van der Waals surface area contributed by atoms with Crippen LogP contribution in [0.1, 0.15) is 10.4 Å². The van der Waals surface area contributed by atoms with Crippen molar-refractivity contribution < 1.29 is 35.9 Å². The molecule has 0 saturated carbocycles. The van der Waals surface area contributed by atoms with E-state index in [1.165, 1.54) is 19.2 Å². The van der Waals surface area contributed by atoms with Gasteiger partial charge in [-0.15, -0.1) is 0 Å². The molecule has 11 heteroatoms. The topological polar surface area (TPSA) is 84.0 Å².